The quantitative estimate of drug-likeness (QED) is 0.835. The number of carbonyl (C=O) groups is 1. The van der Waals surface area contributed by atoms with E-state index in [9.17, 15) is 4.79 Å². The molecule has 0 heterocycles. The first-order chi connectivity index (χ1) is 11.5. The second-order valence-corrected chi connectivity index (χ2v) is 5.95. The number of nitrogens with one attached hydrogen (secondary N) is 1. The number of nitrogens with zero attached hydrogens (tertiary/aromatic N) is 1. The van der Waals surface area contributed by atoms with Crippen LogP contribution < -0.4 is 10.1 Å². The molecule has 0 radical (unpaired) electrons. The zero-order valence-corrected chi connectivity index (χ0v) is 14.5. The van der Waals surface area contributed by atoms with Crippen LogP contribution in [-0.2, 0) is 6.61 Å². The summed E-state index contributed by atoms with van der Waals surface area (Å²) in [7, 11) is 1.64. The van der Waals surface area contributed by atoms with Crippen LogP contribution in [0.25, 0.3) is 0 Å². The molecule has 0 spiro atoms. The third-order valence-corrected chi connectivity index (χ3v) is 3.90. The van der Waals surface area contributed by atoms with Crippen molar-refractivity contribution in [3.05, 3.63) is 59.1 Å². The van der Waals surface area contributed by atoms with Gasteiger partial charge >= 0.3 is 6.03 Å². The van der Waals surface area contributed by atoms with Crippen molar-refractivity contribution in [2.45, 2.75) is 19.6 Å². The van der Waals surface area contributed by atoms with E-state index >= 15 is 0 Å². The Bertz CT molecular complexity index is 676. The molecular formula is C18H21ClN2O3. The van der Waals surface area contributed by atoms with E-state index in [1.54, 1.807) is 26.1 Å². The van der Waals surface area contributed by atoms with Crippen LogP contribution in [-0.4, -0.2) is 35.7 Å². The van der Waals surface area contributed by atoms with Gasteiger partial charge in [-0.3, -0.25) is 0 Å². The molecule has 1 unspecified atom stereocenters. The first kappa shape index (κ1) is 18.1. The molecule has 0 aliphatic heterocycles. The Balaban J connectivity index is 1.95. The monoisotopic (exact) mass is 348 g/mol. The van der Waals surface area contributed by atoms with Gasteiger partial charge in [-0.2, -0.15) is 0 Å². The standard InChI is InChI=1S/C18H21ClN2O3/c1-13(11-22)21(2)18(23)20-16-4-3-5-17(10-16)24-12-14-6-8-15(19)9-7-14/h3-10,13,22H,11-12H2,1-2H3,(H,20,23). The van der Waals surface area contributed by atoms with Gasteiger partial charge in [0, 0.05) is 23.8 Å². The van der Waals surface area contributed by atoms with Gasteiger partial charge in [-0.25, -0.2) is 4.79 Å². The maximum absolute atomic E-state index is 12.1. The lowest BCUT2D eigenvalue weighted by atomic mass is 10.2. The van der Waals surface area contributed by atoms with Crippen LogP contribution in [0.4, 0.5) is 10.5 Å². The lowest BCUT2D eigenvalue weighted by Crippen LogP contribution is -2.40. The van der Waals surface area contributed by atoms with Crippen molar-refractivity contribution in [3.8, 4) is 5.75 Å². The molecule has 128 valence electrons. The number of benzene rings is 2. The highest BCUT2D eigenvalue weighted by atomic mass is 35.5. The summed E-state index contributed by atoms with van der Waals surface area (Å²) in [6.45, 7) is 2.09. The lowest BCUT2D eigenvalue weighted by Gasteiger charge is -2.23. The minimum atomic E-state index is -0.286. The van der Waals surface area contributed by atoms with Crippen molar-refractivity contribution in [3.63, 3.8) is 0 Å². The van der Waals surface area contributed by atoms with Gasteiger partial charge in [-0.05, 0) is 36.8 Å². The van der Waals surface area contributed by atoms with E-state index in [2.05, 4.69) is 5.32 Å². The molecule has 24 heavy (non-hydrogen) atoms. The number of ether oxygens (including phenoxy) is 1. The Kier molecular flexibility index (Phi) is 6.46. The minimum Gasteiger partial charge on any atom is -0.489 e. The molecule has 2 rings (SSSR count). The zero-order valence-electron chi connectivity index (χ0n) is 13.7. The molecule has 2 aromatic rings. The number of hydrogen-bond donors (Lipinski definition) is 2. The molecule has 0 aliphatic rings. The number of hydrogen-bond acceptors (Lipinski definition) is 3. The maximum atomic E-state index is 12.1. The fourth-order valence-corrected chi connectivity index (χ4v) is 2.07. The second-order valence-electron chi connectivity index (χ2n) is 5.52. The van der Waals surface area contributed by atoms with E-state index in [1.165, 1.54) is 4.90 Å². The number of rotatable bonds is 6. The van der Waals surface area contributed by atoms with Crippen LogP contribution in [0.3, 0.4) is 0 Å². The molecule has 0 saturated heterocycles. The normalized spacial score (nSPS) is 11.7. The van der Waals surface area contributed by atoms with Crippen LogP contribution in [0.15, 0.2) is 48.5 Å². The first-order valence-corrected chi connectivity index (χ1v) is 7.99. The number of aliphatic hydroxyl groups is 1. The van der Waals surface area contributed by atoms with Crippen LogP contribution in [0.5, 0.6) is 5.75 Å². The molecule has 2 amide bonds. The summed E-state index contributed by atoms with van der Waals surface area (Å²) < 4.78 is 5.74. The largest absolute Gasteiger partial charge is 0.489 e. The van der Waals surface area contributed by atoms with E-state index in [0.717, 1.165) is 5.56 Å². The van der Waals surface area contributed by atoms with Gasteiger partial charge in [0.1, 0.15) is 12.4 Å². The van der Waals surface area contributed by atoms with Gasteiger partial charge in [0.2, 0.25) is 0 Å². The Labute approximate surface area is 146 Å². The van der Waals surface area contributed by atoms with Crippen LogP contribution >= 0.6 is 11.6 Å². The van der Waals surface area contributed by atoms with Crippen molar-refractivity contribution in [2.75, 3.05) is 19.0 Å². The fourth-order valence-electron chi connectivity index (χ4n) is 1.95. The molecule has 0 bridgehead atoms. The summed E-state index contributed by atoms with van der Waals surface area (Å²) in [5, 5.41) is 12.6. The molecule has 0 aromatic heterocycles. The zero-order chi connectivity index (χ0) is 17.5. The number of amides is 2. The summed E-state index contributed by atoms with van der Waals surface area (Å²) in [6.07, 6.45) is 0. The van der Waals surface area contributed by atoms with E-state index in [0.29, 0.717) is 23.1 Å². The molecule has 1 atom stereocenters. The Hall–Kier alpha value is -2.24. The van der Waals surface area contributed by atoms with Crippen LogP contribution in [0.2, 0.25) is 5.02 Å². The highest BCUT2D eigenvalue weighted by molar-refractivity contribution is 6.30. The predicted molar refractivity (Wildman–Crippen MR) is 95.6 cm³/mol. The number of halogens is 1. The number of carbonyl (C=O) groups excluding carboxylic acids is 1. The molecule has 0 fully saturated rings. The van der Waals surface area contributed by atoms with Gasteiger partial charge in [0.15, 0.2) is 0 Å². The topological polar surface area (TPSA) is 61.8 Å². The van der Waals surface area contributed by atoms with E-state index < -0.39 is 0 Å². The minimum absolute atomic E-state index is 0.0891. The average molecular weight is 349 g/mol. The molecule has 2 N–H and O–H groups in total. The van der Waals surface area contributed by atoms with E-state index in [-0.39, 0.29) is 18.7 Å². The van der Waals surface area contributed by atoms with Gasteiger partial charge in [-0.15, -0.1) is 0 Å². The molecule has 2 aromatic carbocycles. The van der Waals surface area contributed by atoms with Gasteiger partial charge in [0.25, 0.3) is 0 Å². The van der Waals surface area contributed by atoms with E-state index in [1.807, 2.05) is 36.4 Å². The highest BCUT2D eigenvalue weighted by Crippen LogP contribution is 2.19. The predicted octanol–water partition coefficient (Wildman–Crippen LogP) is 3.76. The highest BCUT2D eigenvalue weighted by Gasteiger charge is 2.14. The second kappa shape index (κ2) is 8.57. The Morgan fingerprint density at radius 2 is 2.00 bits per heavy atom. The summed E-state index contributed by atoms with van der Waals surface area (Å²) in [6, 6.07) is 14.1. The summed E-state index contributed by atoms with van der Waals surface area (Å²) >= 11 is 5.86. The molecule has 6 heteroatoms. The Morgan fingerprint density at radius 3 is 2.67 bits per heavy atom. The number of anilines is 1. The molecular weight excluding hydrogens is 328 g/mol. The SMILES string of the molecule is CC(CO)N(C)C(=O)Nc1cccc(OCc2ccc(Cl)cc2)c1. The Morgan fingerprint density at radius 1 is 1.29 bits per heavy atom. The third-order valence-electron chi connectivity index (χ3n) is 3.65. The summed E-state index contributed by atoms with van der Waals surface area (Å²) in [5.74, 6) is 0.653. The van der Waals surface area contributed by atoms with Crippen molar-refractivity contribution >= 4 is 23.3 Å². The lowest BCUT2D eigenvalue weighted by molar-refractivity contribution is 0.166. The summed E-state index contributed by atoms with van der Waals surface area (Å²) in [4.78, 5) is 13.5. The molecule has 5 nitrogen and oxygen atoms in total. The smallest absolute Gasteiger partial charge is 0.321 e. The summed E-state index contributed by atoms with van der Waals surface area (Å²) in [5.41, 5.74) is 1.64. The molecule has 0 saturated carbocycles. The van der Waals surface area contributed by atoms with Gasteiger partial charge in [-0.1, -0.05) is 29.8 Å². The van der Waals surface area contributed by atoms with Crippen LogP contribution in [0, 0.1) is 0 Å². The molecule has 0 aliphatic carbocycles. The maximum Gasteiger partial charge on any atom is 0.321 e. The fraction of sp³-hybridized carbons (Fsp3) is 0.278. The van der Waals surface area contributed by atoms with Crippen LogP contribution in [0.1, 0.15) is 12.5 Å². The third kappa shape index (κ3) is 5.15. The van der Waals surface area contributed by atoms with Gasteiger partial charge < -0.3 is 20.1 Å². The van der Waals surface area contributed by atoms with Gasteiger partial charge in [0.05, 0.1) is 12.6 Å². The first-order valence-electron chi connectivity index (χ1n) is 7.61. The van der Waals surface area contributed by atoms with E-state index in [4.69, 9.17) is 21.4 Å². The number of aliphatic hydroxyl groups excluding tert-OH is 1. The van der Waals surface area contributed by atoms with Crippen molar-refractivity contribution < 1.29 is 14.6 Å². The number of likely N-dealkylation sites (N-methyl/N-ethyl adjacent to an activating group) is 1. The van der Waals surface area contributed by atoms with Crippen molar-refractivity contribution in [1.29, 1.82) is 0 Å². The van der Waals surface area contributed by atoms with Crippen molar-refractivity contribution in [1.82, 2.24) is 4.90 Å². The van der Waals surface area contributed by atoms with Crippen molar-refractivity contribution in [2.24, 2.45) is 0 Å². The number of urea groups is 1. The average Bonchev–Trinajstić information content (AvgIpc) is 2.60.